The molecule has 0 spiro atoms. The number of hydrogen-bond donors (Lipinski definition) is 0. The Kier molecular flexibility index (Phi) is 3.77. The third-order valence-electron chi connectivity index (χ3n) is 3.76. The lowest BCUT2D eigenvalue weighted by Gasteiger charge is -2.30. The molecule has 1 saturated heterocycles. The van der Waals surface area contributed by atoms with Crippen LogP contribution >= 0.6 is 0 Å². The molecule has 2 aromatic heterocycles. The molecule has 0 aromatic carbocycles. The molecule has 1 aliphatic rings. The van der Waals surface area contributed by atoms with E-state index in [0.29, 0.717) is 18.2 Å². The highest BCUT2D eigenvalue weighted by atomic mass is 16.5. The van der Waals surface area contributed by atoms with E-state index in [1.54, 1.807) is 17.0 Å². The summed E-state index contributed by atoms with van der Waals surface area (Å²) in [5, 5.41) is 4.00. The van der Waals surface area contributed by atoms with E-state index in [0.717, 1.165) is 25.2 Å². The quantitative estimate of drug-likeness (QED) is 0.868. The Balaban J connectivity index is 1.72. The molecule has 3 rings (SSSR count). The lowest BCUT2D eigenvalue weighted by molar-refractivity contribution is 0.0663. The van der Waals surface area contributed by atoms with Gasteiger partial charge in [-0.2, -0.15) is 4.98 Å². The van der Waals surface area contributed by atoms with Gasteiger partial charge in [0.25, 0.3) is 5.91 Å². The molecule has 0 aliphatic carbocycles. The van der Waals surface area contributed by atoms with Gasteiger partial charge >= 0.3 is 0 Å². The van der Waals surface area contributed by atoms with Gasteiger partial charge in [0.2, 0.25) is 5.89 Å². The molecule has 6 heteroatoms. The Bertz CT molecular complexity index is 603. The van der Waals surface area contributed by atoms with Gasteiger partial charge in [-0.3, -0.25) is 4.79 Å². The number of rotatable bonds is 3. The van der Waals surface area contributed by atoms with Crippen molar-refractivity contribution in [2.24, 2.45) is 0 Å². The molecule has 0 unspecified atom stereocenters. The molecule has 112 valence electrons. The maximum atomic E-state index is 12.3. The number of hydrogen-bond acceptors (Lipinski definition) is 5. The van der Waals surface area contributed by atoms with Crippen molar-refractivity contribution in [3.8, 4) is 0 Å². The molecule has 1 amide bonds. The first-order valence-corrected chi connectivity index (χ1v) is 7.31. The molecule has 0 saturated carbocycles. The van der Waals surface area contributed by atoms with Crippen molar-refractivity contribution >= 4 is 5.91 Å². The van der Waals surface area contributed by atoms with Crippen LogP contribution in [0.3, 0.4) is 0 Å². The highest BCUT2D eigenvalue weighted by Crippen LogP contribution is 2.27. The standard InChI is InChI=1S/C15H19N3O3/c1-10(2)13-16-14(21-17-13)11-5-3-7-18(9-11)15(19)12-6-4-8-20-12/h4,6,8,10-11H,3,5,7,9H2,1-2H3/t11-/m0/s1. The van der Waals surface area contributed by atoms with E-state index < -0.39 is 0 Å². The average Bonchev–Trinajstić information content (AvgIpc) is 3.18. The molecule has 1 fully saturated rings. The van der Waals surface area contributed by atoms with Crippen LogP contribution in [-0.2, 0) is 0 Å². The lowest BCUT2D eigenvalue weighted by atomic mass is 9.97. The molecule has 1 aliphatic heterocycles. The smallest absolute Gasteiger partial charge is 0.289 e. The second kappa shape index (κ2) is 5.71. The summed E-state index contributed by atoms with van der Waals surface area (Å²) in [7, 11) is 0. The van der Waals surface area contributed by atoms with Gasteiger partial charge < -0.3 is 13.8 Å². The Morgan fingerprint density at radius 1 is 1.48 bits per heavy atom. The van der Waals surface area contributed by atoms with E-state index in [-0.39, 0.29) is 17.7 Å². The number of furan rings is 1. The maximum Gasteiger partial charge on any atom is 0.289 e. The van der Waals surface area contributed by atoms with E-state index >= 15 is 0 Å². The van der Waals surface area contributed by atoms with Gasteiger partial charge in [0.05, 0.1) is 12.2 Å². The van der Waals surface area contributed by atoms with Crippen LogP contribution < -0.4 is 0 Å². The number of nitrogens with zero attached hydrogens (tertiary/aromatic N) is 3. The lowest BCUT2D eigenvalue weighted by Crippen LogP contribution is -2.39. The number of carbonyl (C=O) groups is 1. The maximum absolute atomic E-state index is 12.3. The SMILES string of the molecule is CC(C)c1noc([C@H]2CCCN(C(=O)c3ccco3)C2)n1. The van der Waals surface area contributed by atoms with Crippen LogP contribution in [0.1, 0.15) is 60.8 Å². The molecule has 6 nitrogen and oxygen atoms in total. The van der Waals surface area contributed by atoms with Crippen molar-refractivity contribution < 1.29 is 13.7 Å². The third-order valence-corrected chi connectivity index (χ3v) is 3.76. The minimum Gasteiger partial charge on any atom is -0.459 e. The third kappa shape index (κ3) is 2.84. The Morgan fingerprint density at radius 3 is 3.00 bits per heavy atom. The van der Waals surface area contributed by atoms with Crippen LogP contribution in [0, 0.1) is 0 Å². The van der Waals surface area contributed by atoms with Crippen molar-refractivity contribution in [3.05, 3.63) is 35.9 Å². The molecule has 21 heavy (non-hydrogen) atoms. The highest BCUT2D eigenvalue weighted by Gasteiger charge is 2.30. The van der Waals surface area contributed by atoms with Gasteiger partial charge in [-0.1, -0.05) is 19.0 Å². The zero-order valence-electron chi connectivity index (χ0n) is 12.3. The minimum atomic E-state index is -0.0756. The Hall–Kier alpha value is -2.11. The number of likely N-dealkylation sites (tertiary alicyclic amines) is 1. The molecule has 0 N–H and O–H groups in total. The molecule has 0 bridgehead atoms. The fraction of sp³-hybridized carbons (Fsp3) is 0.533. The number of piperidine rings is 1. The molecule has 0 radical (unpaired) electrons. The van der Waals surface area contributed by atoms with Crippen molar-refractivity contribution in [3.63, 3.8) is 0 Å². The average molecular weight is 289 g/mol. The van der Waals surface area contributed by atoms with Gasteiger partial charge in [-0.15, -0.1) is 0 Å². The van der Waals surface area contributed by atoms with E-state index in [1.165, 1.54) is 6.26 Å². The van der Waals surface area contributed by atoms with Gasteiger partial charge in [0.1, 0.15) is 0 Å². The number of carbonyl (C=O) groups excluding carboxylic acids is 1. The van der Waals surface area contributed by atoms with Crippen LogP contribution in [-0.4, -0.2) is 34.0 Å². The first-order chi connectivity index (χ1) is 10.1. The Labute approximate surface area is 123 Å². The van der Waals surface area contributed by atoms with E-state index in [2.05, 4.69) is 10.1 Å². The summed E-state index contributed by atoms with van der Waals surface area (Å²) in [5.41, 5.74) is 0. The van der Waals surface area contributed by atoms with Crippen LogP contribution in [0.5, 0.6) is 0 Å². The predicted molar refractivity (Wildman–Crippen MR) is 75.0 cm³/mol. The first-order valence-electron chi connectivity index (χ1n) is 7.31. The van der Waals surface area contributed by atoms with Crippen molar-refractivity contribution in [1.29, 1.82) is 0 Å². The van der Waals surface area contributed by atoms with Gasteiger partial charge in [-0.05, 0) is 25.0 Å². The summed E-state index contributed by atoms with van der Waals surface area (Å²) in [6.45, 7) is 5.39. The monoisotopic (exact) mass is 289 g/mol. The van der Waals surface area contributed by atoms with Gasteiger partial charge in [0.15, 0.2) is 11.6 Å². The first kappa shape index (κ1) is 13.9. The molecular formula is C15H19N3O3. The molecule has 3 heterocycles. The summed E-state index contributed by atoms with van der Waals surface area (Å²) >= 11 is 0. The summed E-state index contributed by atoms with van der Waals surface area (Å²) in [4.78, 5) is 18.6. The van der Waals surface area contributed by atoms with Crippen LogP contribution in [0.25, 0.3) is 0 Å². The van der Waals surface area contributed by atoms with Crippen LogP contribution in [0.2, 0.25) is 0 Å². The summed E-state index contributed by atoms with van der Waals surface area (Å²) in [6, 6.07) is 3.41. The van der Waals surface area contributed by atoms with Gasteiger partial charge in [0, 0.05) is 19.0 Å². The normalized spacial score (nSPS) is 19.2. The number of amides is 1. The van der Waals surface area contributed by atoms with Gasteiger partial charge in [-0.25, -0.2) is 0 Å². The second-order valence-corrected chi connectivity index (χ2v) is 5.71. The fourth-order valence-corrected chi connectivity index (χ4v) is 2.57. The summed E-state index contributed by atoms with van der Waals surface area (Å²) < 4.78 is 10.5. The molecule has 2 aromatic rings. The van der Waals surface area contributed by atoms with E-state index in [9.17, 15) is 4.79 Å². The van der Waals surface area contributed by atoms with Crippen LogP contribution in [0.15, 0.2) is 27.3 Å². The fourth-order valence-electron chi connectivity index (χ4n) is 2.57. The largest absolute Gasteiger partial charge is 0.459 e. The Morgan fingerprint density at radius 2 is 2.33 bits per heavy atom. The molecular weight excluding hydrogens is 270 g/mol. The zero-order valence-corrected chi connectivity index (χ0v) is 12.3. The topological polar surface area (TPSA) is 72.4 Å². The van der Waals surface area contributed by atoms with E-state index in [1.807, 2.05) is 13.8 Å². The second-order valence-electron chi connectivity index (χ2n) is 5.71. The van der Waals surface area contributed by atoms with E-state index in [4.69, 9.17) is 8.94 Å². The van der Waals surface area contributed by atoms with Crippen molar-refractivity contribution in [2.75, 3.05) is 13.1 Å². The summed E-state index contributed by atoms with van der Waals surface area (Å²) in [6.07, 6.45) is 3.40. The highest BCUT2D eigenvalue weighted by molar-refractivity contribution is 5.91. The predicted octanol–water partition coefficient (Wildman–Crippen LogP) is 2.81. The number of aromatic nitrogens is 2. The molecule has 1 atom stereocenters. The van der Waals surface area contributed by atoms with Crippen molar-refractivity contribution in [2.45, 2.75) is 38.5 Å². The summed E-state index contributed by atoms with van der Waals surface area (Å²) in [5.74, 6) is 2.01. The minimum absolute atomic E-state index is 0.0756. The van der Waals surface area contributed by atoms with Crippen LogP contribution in [0.4, 0.5) is 0 Å². The van der Waals surface area contributed by atoms with Crippen molar-refractivity contribution in [1.82, 2.24) is 15.0 Å². The zero-order chi connectivity index (χ0) is 14.8.